The summed E-state index contributed by atoms with van der Waals surface area (Å²) >= 11 is 0. The molecule has 176 valence electrons. The molecule has 3 aromatic rings. The molecule has 1 saturated heterocycles. The van der Waals surface area contributed by atoms with Gasteiger partial charge in [0.1, 0.15) is 0 Å². The van der Waals surface area contributed by atoms with Crippen LogP contribution in [0, 0.1) is 25.2 Å². The molecule has 1 fully saturated rings. The second kappa shape index (κ2) is 10.2. The molecule has 1 aliphatic rings. The molecule has 0 amide bonds. The number of aryl methyl sites for hydroxylation is 2. The van der Waals surface area contributed by atoms with Crippen LogP contribution >= 0.6 is 0 Å². The highest BCUT2D eigenvalue weighted by Crippen LogP contribution is 2.36. The minimum Gasteiger partial charge on any atom is -0.303 e. The summed E-state index contributed by atoms with van der Waals surface area (Å²) in [6.45, 7) is 7.15. The molecule has 0 aliphatic carbocycles. The summed E-state index contributed by atoms with van der Waals surface area (Å²) in [4.78, 5) is 28.1. The first-order chi connectivity index (χ1) is 16.4. The van der Waals surface area contributed by atoms with E-state index in [1.165, 1.54) is 10.1 Å². The Hall–Kier alpha value is -3.43. The van der Waals surface area contributed by atoms with E-state index in [4.69, 9.17) is 0 Å². The molecule has 6 heteroatoms. The topological polar surface area (TPSA) is 71.0 Å². The summed E-state index contributed by atoms with van der Waals surface area (Å²) in [5, 5.41) is 10.0. The van der Waals surface area contributed by atoms with Crippen molar-refractivity contribution in [3.05, 3.63) is 104 Å². The molecule has 6 nitrogen and oxygen atoms in total. The standard InChI is InChI=1S/C28H32N4O2/c1-22-9-6-7-12-25(22)28(21-29)13-17-30(18-14-28)15-8-16-32-26(33)23(2)19-31(27(32)34)20-24-10-4-3-5-11-24/h3-7,9-12,19H,8,13-18,20H2,1-2H3. The van der Waals surface area contributed by atoms with Gasteiger partial charge in [-0.25, -0.2) is 4.79 Å². The van der Waals surface area contributed by atoms with Crippen LogP contribution in [0.5, 0.6) is 0 Å². The summed E-state index contributed by atoms with van der Waals surface area (Å²) in [5.74, 6) is 0. The van der Waals surface area contributed by atoms with Gasteiger partial charge in [0.2, 0.25) is 0 Å². The van der Waals surface area contributed by atoms with E-state index in [9.17, 15) is 14.9 Å². The molecule has 1 aliphatic heterocycles. The summed E-state index contributed by atoms with van der Waals surface area (Å²) in [5.41, 5.74) is 3.01. The molecule has 0 N–H and O–H groups in total. The van der Waals surface area contributed by atoms with Crippen LogP contribution in [0.15, 0.2) is 70.4 Å². The molecule has 0 spiro atoms. The van der Waals surface area contributed by atoms with Gasteiger partial charge in [0, 0.05) is 18.3 Å². The lowest BCUT2D eigenvalue weighted by Gasteiger charge is -2.38. The van der Waals surface area contributed by atoms with Crippen LogP contribution in [0.2, 0.25) is 0 Å². The van der Waals surface area contributed by atoms with Gasteiger partial charge in [-0.05, 0) is 69.4 Å². The van der Waals surface area contributed by atoms with Crippen molar-refractivity contribution in [1.29, 1.82) is 5.26 Å². The number of nitrogens with zero attached hydrogens (tertiary/aromatic N) is 4. The predicted molar refractivity (Wildman–Crippen MR) is 134 cm³/mol. The molecule has 0 atom stereocenters. The number of piperidine rings is 1. The largest absolute Gasteiger partial charge is 0.331 e. The SMILES string of the molecule is Cc1ccccc1C1(C#N)CCN(CCCn2c(=O)c(C)cn(Cc3ccccc3)c2=O)CC1. The number of benzene rings is 2. The van der Waals surface area contributed by atoms with E-state index in [2.05, 4.69) is 30.0 Å². The molecule has 2 heterocycles. The summed E-state index contributed by atoms with van der Waals surface area (Å²) in [6, 6.07) is 20.6. The highest BCUT2D eigenvalue weighted by molar-refractivity contribution is 5.39. The zero-order valence-corrected chi connectivity index (χ0v) is 20.0. The normalized spacial score (nSPS) is 15.7. The zero-order chi connectivity index (χ0) is 24.1. The Morgan fingerprint density at radius 3 is 2.26 bits per heavy atom. The highest BCUT2D eigenvalue weighted by Gasteiger charge is 2.37. The maximum Gasteiger partial charge on any atom is 0.331 e. The van der Waals surface area contributed by atoms with Crippen LogP contribution in [-0.2, 0) is 18.5 Å². The third-order valence-corrected chi connectivity index (χ3v) is 7.04. The highest BCUT2D eigenvalue weighted by atomic mass is 16.2. The third kappa shape index (κ3) is 4.90. The van der Waals surface area contributed by atoms with E-state index in [-0.39, 0.29) is 11.2 Å². The fraction of sp³-hybridized carbons (Fsp3) is 0.393. The molecule has 1 aromatic heterocycles. The molecule has 0 bridgehead atoms. The smallest absolute Gasteiger partial charge is 0.303 e. The molecule has 4 rings (SSSR count). The van der Waals surface area contributed by atoms with Crippen molar-refractivity contribution < 1.29 is 0 Å². The van der Waals surface area contributed by atoms with Gasteiger partial charge in [-0.2, -0.15) is 5.26 Å². The van der Waals surface area contributed by atoms with Gasteiger partial charge in [-0.1, -0.05) is 54.6 Å². The summed E-state index contributed by atoms with van der Waals surface area (Å²) < 4.78 is 2.99. The number of aromatic nitrogens is 2. The van der Waals surface area contributed by atoms with Crippen LogP contribution in [0.3, 0.4) is 0 Å². The van der Waals surface area contributed by atoms with Gasteiger partial charge in [-0.15, -0.1) is 0 Å². The average molecular weight is 457 g/mol. The van der Waals surface area contributed by atoms with Crippen molar-refractivity contribution in [2.75, 3.05) is 19.6 Å². The van der Waals surface area contributed by atoms with Gasteiger partial charge in [-0.3, -0.25) is 13.9 Å². The fourth-order valence-electron chi connectivity index (χ4n) is 5.05. The lowest BCUT2D eigenvalue weighted by atomic mass is 9.72. The van der Waals surface area contributed by atoms with E-state index in [1.807, 2.05) is 42.5 Å². The van der Waals surface area contributed by atoms with E-state index in [0.717, 1.165) is 43.6 Å². The Morgan fingerprint density at radius 2 is 1.59 bits per heavy atom. The van der Waals surface area contributed by atoms with Gasteiger partial charge in [0.15, 0.2) is 0 Å². The Bertz CT molecular complexity index is 1290. The Labute approximate surface area is 200 Å². The Morgan fingerprint density at radius 1 is 0.912 bits per heavy atom. The second-order valence-electron chi connectivity index (χ2n) is 9.37. The van der Waals surface area contributed by atoms with Gasteiger partial charge in [0.05, 0.1) is 18.0 Å². The molecular formula is C28H32N4O2. The van der Waals surface area contributed by atoms with Crippen molar-refractivity contribution in [2.24, 2.45) is 0 Å². The molecule has 2 aromatic carbocycles. The summed E-state index contributed by atoms with van der Waals surface area (Å²) in [7, 11) is 0. The monoisotopic (exact) mass is 456 g/mol. The first-order valence-electron chi connectivity index (χ1n) is 12.0. The van der Waals surface area contributed by atoms with Gasteiger partial charge >= 0.3 is 5.69 Å². The maximum absolute atomic E-state index is 13.0. The summed E-state index contributed by atoms with van der Waals surface area (Å²) in [6.07, 6.45) is 3.96. The molecule has 0 saturated carbocycles. The van der Waals surface area contributed by atoms with Crippen molar-refractivity contribution in [1.82, 2.24) is 14.0 Å². The lowest BCUT2D eigenvalue weighted by molar-refractivity contribution is 0.181. The third-order valence-electron chi connectivity index (χ3n) is 7.04. The second-order valence-corrected chi connectivity index (χ2v) is 9.37. The number of hydrogen-bond acceptors (Lipinski definition) is 4. The minimum absolute atomic E-state index is 0.212. The lowest BCUT2D eigenvalue weighted by Crippen LogP contribution is -2.44. The first-order valence-corrected chi connectivity index (χ1v) is 12.0. The van der Waals surface area contributed by atoms with Gasteiger partial charge in [0.25, 0.3) is 5.56 Å². The maximum atomic E-state index is 13.0. The molecule has 0 radical (unpaired) electrons. The van der Waals surface area contributed by atoms with Crippen LogP contribution in [0.25, 0.3) is 0 Å². The van der Waals surface area contributed by atoms with E-state index in [0.29, 0.717) is 25.1 Å². The number of nitriles is 1. The molecule has 34 heavy (non-hydrogen) atoms. The molecular weight excluding hydrogens is 424 g/mol. The van der Waals surface area contributed by atoms with Crippen molar-refractivity contribution >= 4 is 0 Å². The molecule has 0 unspecified atom stereocenters. The first kappa shape index (κ1) is 23.7. The Balaban J connectivity index is 1.40. The predicted octanol–water partition coefficient (Wildman–Crippen LogP) is 3.62. The number of hydrogen-bond donors (Lipinski definition) is 0. The van der Waals surface area contributed by atoms with Gasteiger partial charge < -0.3 is 4.90 Å². The Kier molecular flexibility index (Phi) is 7.14. The van der Waals surface area contributed by atoms with Crippen molar-refractivity contribution in [3.8, 4) is 6.07 Å². The van der Waals surface area contributed by atoms with Crippen LogP contribution in [0.4, 0.5) is 0 Å². The quantitative estimate of drug-likeness (QED) is 0.544. The number of likely N-dealkylation sites (tertiary alicyclic amines) is 1. The van der Waals surface area contributed by atoms with Crippen molar-refractivity contribution in [2.45, 2.75) is 51.6 Å². The van der Waals surface area contributed by atoms with E-state index in [1.54, 1.807) is 17.7 Å². The van der Waals surface area contributed by atoms with Crippen LogP contribution < -0.4 is 11.2 Å². The zero-order valence-electron chi connectivity index (χ0n) is 20.0. The van der Waals surface area contributed by atoms with E-state index >= 15 is 0 Å². The van der Waals surface area contributed by atoms with E-state index < -0.39 is 5.41 Å². The number of rotatable bonds is 7. The fourth-order valence-corrected chi connectivity index (χ4v) is 5.05. The van der Waals surface area contributed by atoms with Crippen LogP contribution in [0.1, 0.15) is 41.5 Å². The van der Waals surface area contributed by atoms with Crippen molar-refractivity contribution in [3.63, 3.8) is 0 Å². The minimum atomic E-state index is -0.430. The average Bonchev–Trinajstić information content (AvgIpc) is 2.86. The van der Waals surface area contributed by atoms with Crippen LogP contribution in [-0.4, -0.2) is 33.7 Å².